The minimum atomic E-state index is -0.256. The summed E-state index contributed by atoms with van der Waals surface area (Å²) in [5.41, 5.74) is 2.06. The van der Waals surface area contributed by atoms with Crippen molar-refractivity contribution in [2.24, 2.45) is 0 Å². The minimum Gasteiger partial charge on any atom is -0.206 e. The molecule has 0 nitrogen and oxygen atoms in total. The van der Waals surface area contributed by atoms with Crippen molar-refractivity contribution in [3.05, 3.63) is 54.9 Å². The summed E-state index contributed by atoms with van der Waals surface area (Å²) in [6.07, 6.45) is 0. The molecule has 1 unspecified atom stereocenters. The van der Waals surface area contributed by atoms with E-state index in [1.54, 1.807) is 12.1 Å². The minimum absolute atomic E-state index is 0.0376. The van der Waals surface area contributed by atoms with Gasteiger partial charge in [0.1, 0.15) is 5.82 Å². The van der Waals surface area contributed by atoms with Crippen molar-refractivity contribution in [1.29, 1.82) is 0 Å². The van der Waals surface area contributed by atoms with Gasteiger partial charge in [-0.15, -0.1) is 11.3 Å². The fourth-order valence-electron chi connectivity index (χ4n) is 1.44. The molecule has 0 saturated carbocycles. The first-order valence-electron chi connectivity index (χ1n) is 4.84. The lowest BCUT2D eigenvalue weighted by atomic mass is 10.1. The van der Waals surface area contributed by atoms with Gasteiger partial charge in [-0.05, 0) is 52.2 Å². The van der Waals surface area contributed by atoms with Gasteiger partial charge in [0.25, 0.3) is 0 Å². The Morgan fingerprint density at radius 2 is 2.06 bits per heavy atom. The topological polar surface area (TPSA) is 0 Å². The van der Waals surface area contributed by atoms with Crippen LogP contribution in [0.1, 0.15) is 20.8 Å². The highest BCUT2D eigenvalue weighted by Gasteiger charge is 2.15. The van der Waals surface area contributed by atoms with Crippen LogP contribution >= 0.6 is 54.8 Å². The second kappa shape index (κ2) is 5.39. The summed E-state index contributed by atoms with van der Waals surface area (Å²) < 4.78 is 14.4. The Morgan fingerprint density at radius 3 is 2.59 bits per heavy atom. The van der Waals surface area contributed by atoms with Crippen molar-refractivity contribution in [2.75, 3.05) is 0 Å². The number of thiophene rings is 1. The largest absolute Gasteiger partial charge is 0.206 e. The van der Waals surface area contributed by atoms with Gasteiger partial charge in [0.2, 0.25) is 0 Å². The van der Waals surface area contributed by atoms with Gasteiger partial charge in [0, 0.05) is 4.88 Å². The zero-order valence-electron chi connectivity index (χ0n) is 8.81. The van der Waals surface area contributed by atoms with Crippen molar-refractivity contribution in [2.45, 2.75) is 11.8 Å². The first-order chi connectivity index (χ1) is 7.99. The molecule has 90 valence electrons. The Labute approximate surface area is 125 Å². The molecule has 0 saturated heterocycles. The first kappa shape index (κ1) is 13.5. The fourth-order valence-corrected chi connectivity index (χ4v) is 3.76. The van der Waals surface area contributed by atoms with Crippen LogP contribution in [-0.2, 0) is 0 Å². The highest BCUT2D eigenvalue weighted by molar-refractivity contribution is 9.10. The molecule has 1 aromatic carbocycles. The van der Waals surface area contributed by atoms with Crippen LogP contribution in [0.2, 0.25) is 4.34 Å². The maximum atomic E-state index is 13.2. The summed E-state index contributed by atoms with van der Waals surface area (Å²) >= 11 is 14.4. The molecule has 17 heavy (non-hydrogen) atoms. The summed E-state index contributed by atoms with van der Waals surface area (Å²) in [7, 11) is 0. The van der Waals surface area contributed by atoms with Crippen LogP contribution in [0.3, 0.4) is 0 Å². The maximum Gasteiger partial charge on any atom is 0.137 e. The Balaban J connectivity index is 2.36. The number of alkyl halides is 1. The third-order valence-electron chi connectivity index (χ3n) is 2.36. The molecule has 0 N–H and O–H groups in total. The molecule has 5 heteroatoms. The zero-order valence-corrected chi connectivity index (χ0v) is 13.6. The Morgan fingerprint density at radius 1 is 1.35 bits per heavy atom. The molecule has 0 aliphatic rings. The van der Waals surface area contributed by atoms with Crippen LogP contribution in [0.4, 0.5) is 4.39 Å². The van der Waals surface area contributed by atoms with Crippen LogP contribution < -0.4 is 0 Å². The predicted octanol–water partition coefficient (Wildman–Crippen LogP) is 6.10. The number of halogens is 4. The standard InChI is InChI=1S/C12H8Br2ClFS/c1-6-4-10(17-12(6)15)11(14)7-2-3-9(16)8(13)5-7/h2-5,11H,1H3. The highest BCUT2D eigenvalue weighted by atomic mass is 79.9. The van der Waals surface area contributed by atoms with E-state index in [9.17, 15) is 4.39 Å². The van der Waals surface area contributed by atoms with Crippen molar-refractivity contribution in [3.63, 3.8) is 0 Å². The van der Waals surface area contributed by atoms with Gasteiger partial charge in [-0.3, -0.25) is 0 Å². The highest BCUT2D eigenvalue weighted by Crippen LogP contribution is 2.39. The van der Waals surface area contributed by atoms with Crippen LogP contribution in [0, 0.1) is 12.7 Å². The third-order valence-corrected chi connectivity index (χ3v) is 5.92. The monoisotopic (exact) mass is 396 g/mol. The number of hydrogen-bond acceptors (Lipinski definition) is 1. The van der Waals surface area contributed by atoms with Crippen molar-refractivity contribution in [1.82, 2.24) is 0 Å². The average molecular weight is 399 g/mol. The predicted molar refractivity (Wildman–Crippen MR) is 78.9 cm³/mol. The molecule has 0 aliphatic carbocycles. The molecule has 2 rings (SSSR count). The van der Waals surface area contributed by atoms with Gasteiger partial charge in [-0.1, -0.05) is 33.6 Å². The molecule has 2 aromatic rings. The lowest BCUT2D eigenvalue weighted by Crippen LogP contribution is -1.90. The fraction of sp³-hybridized carbons (Fsp3) is 0.167. The molecule has 1 heterocycles. The van der Waals surface area contributed by atoms with Crippen molar-refractivity contribution in [3.8, 4) is 0 Å². The van der Waals surface area contributed by atoms with Crippen LogP contribution in [-0.4, -0.2) is 0 Å². The van der Waals surface area contributed by atoms with E-state index in [2.05, 4.69) is 31.9 Å². The van der Waals surface area contributed by atoms with E-state index in [1.165, 1.54) is 17.4 Å². The van der Waals surface area contributed by atoms with E-state index >= 15 is 0 Å². The van der Waals surface area contributed by atoms with Gasteiger partial charge in [0.15, 0.2) is 0 Å². The maximum absolute atomic E-state index is 13.2. The summed E-state index contributed by atoms with van der Waals surface area (Å²) in [5.74, 6) is -0.256. The van der Waals surface area contributed by atoms with Crippen molar-refractivity contribution >= 4 is 54.8 Å². The molecule has 0 spiro atoms. The number of rotatable bonds is 2. The number of benzene rings is 1. The van der Waals surface area contributed by atoms with E-state index in [0.717, 1.165) is 20.3 Å². The Hall–Kier alpha value is 0.1000. The molecule has 0 bridgehead atoms. The van der Waals surface area contributed by atoms with E-state index in [0.29, 0.717) is 4.47 Å². The van der Waals surface area contributed by atoms with E-state index in [-0.39, 0.29) is 10.6 Å². The van der Waals surface area contributed by atoms with Crippen LogP contribution in [0.5, 0.6) is 0 Å². The van der Waals surface area contributed by atoms with Gasteiger partial charge in [-0.25, -0.2) is 4.39 Å². The summed E-state index contributed by atoms with van der Waals surface area (Å²) in [6.45, 7) is 1.97. The quantitative estimate of drug-likeness (QED) is 0.537. The number of hydrogen-bond donors (Lipinski definition) is 0. The molecular formula is C12H8Br2ClFS. The molecule has 1 atom stereocenters. The molecule has 0 fully saturated rings. The summed E-state index contributed by atoms with van der Waals surface area (Å²) in [6, 6.07) is 7.04. The second-order valence-corrected chi connectivity index (χ2v) is 7.10. The van der Waals surface area contributed by atoms with Gasteiger partial charge < -0.3 is 0 Å². The normalized spacial score (nSPS) is 12.8. The lowest BCUT2D eigenvalue weighted by molar-refractivity contribution is 0.620. The molecule has 0 amide bonds. The van der Waals surface area contributed by atoms with Crippen molar-refractivity contribution < 1.29 is 4.39 Å². The summed E-state index contributed by atoms with van der Waals surface area (Å²) in [5, 5.41) is 0. The molecule has 1 aromatic heterocycles. The first-order valence-corrected chi connectivity index (χ1v) is 7.74. The van der Waals surface area contributed by atoms with E-state index in [1.807, 2.05) is 13.0 Å². The Bertz CT molecular complexity index is 534. The van der Waals surface area contributed by atoms with Crippen LogP contribution in [0.15, 0.2) is 28.7 Å². The van der Waals surface area contributed by atoms with E-state index < -0.39 is 0 Å². The molecule has 0 radical (unpaired) electrons. The molecular weight excluding hydrogens is 390 g/mol. The second-order valence-electron chi connectivity index (χ2n) is 3.64. The third kappa shape index (κ3) is 2.92. The lowest BCUT2D eigenvalue weighted by Gasteiger charge is -2.08. The smallest absolute Gasteiger partial charge is 0.137 e. The molecule has 0 aliphatic heterocycles. The van der Waals surface area contributed by atoms with E-state index in [4.69, 9.17) is 11.6 Å². The SMILES string of the molecule is Cc1cc(C(Br)c2ccc(F)c(Br)c2)sc1Cl. The summed E-state index contributed by atoms with van der Waals surface area (Å²) in [4.78, 5) is 1.15. The average Bonchev–Trinajstić information content (AvgIpc) is 2.62. The van der Waals surface area contributed by atoms with Gasteiger partial charge in [-0.2, -0.15) is 0 Å². The number of aryl methyl sites for hydroxylation is 1. The van der Waals surface area contributed by atoms with Gasteiger partial charge in [0.05, 0.1) is 13.6 Å². The van der Waals surface area contributed by atoms with Gasteiger partial charge >= 0.3 is 0 Å². The van der Waals surface area contributed by atoms with Crippen LogP contribution in [0.25, 0.3) is 0 Å². The Kier molecular flexibility index (Phi) is 4.29. The zero-order chi connectivity index (χ0) is 12.6.